The zero-order valence-corrected chi connectivity index (χ0v) is 14.0. The van der Waals surface area contributed by atoms with Gasteiger partial charge in [0, 0.05) is 23.3 Å². The quantitative estimate of drug-likeness (QED) is 0.846. The molecule has 3 nitrogen and oxygen atoms in total. The van der Waals surface area contributed by atoms with Crippen molar-refractivity contribution in [1.29, 1.82) is 0 Å². The second kappa shape index (κ2) is 6.93. The van der Waals surface area contributed by atoms with Crippen LogP contribution in [-0.2, 0) is 6.42 Å². The average Bonchev–Trinajstić information content (AvgIpc) is 2.47. The normalized spacial score (nSPS) is 11.3. The highest BCUT2D eigenvalue weighted by atomic mass is 35.5. The monoisotopic (exact) mass is 316 g/mol. The molecule has 1 heterocycles. The van der Waals surface area contributed by atoms with Gasteiger partial charge in [-0.1, -0.05) is 29.8 Å². The molecule has 0 N–H and O–H groups in total. The van der Waals surface area contributed by atoms with Crippen molar-refractivity contribution in [1.82, 2.24) is 9.88 Å². The first-order valence-electron chi connectivity index (χ1n) is 7.35. The van der Waals surface area contributed by atoms with Crippen LogP contribution < -0.4 is 0 Å². The number of aromatic nitrogens is 1. The number of hydrogen-bond acceptors (Lipinski definition) is 2. The Kier molecular flexibility index (Phi) is 5.19. The molecule has 0 radical (unpaired) electrons. The van der Waals surface area contributed by atoms with E-state index in [9.17, 15) is 4.79 Å². The van der Waals surface area contributed by atoms with Gasteiger partial charge in [-0.25, -0.2) is 0 Å². The minimum atomic E-state index is -0.271. The summed E-state index contributed by atoms with van der Waals surface area (Å²) in [5.41, 5.74) is 1.33. The molecular formula is C18H21ClN2O. The predicted molar refractivity (Wildman–Crippen MR) is 90.2 cm³/mol. The number of carbonyl (C=O) groups excluding carboxylic acids is 1. The van der Waals surface area contributed by atoms with Gasteiger partial charge in [0.15, 0.2) is 0 Å². The maximum absolute atomic E-state index is 12.7. The van der Waals surface area contributed by atoms with Gasteiger partial charge < -0.3 is 4.90 Å². The van der Waals surface area contributed by atoms with Crippen LogP contribution in [0.1, 0.15) is 36.8 Å². The molecule has 116 valence electrons. The molecule has 2 rings (SSSR count). The van der Waals surface area contributed by atoms with Gasteiger partial charge >= 0.3 is 0 Å². The number of carbonyl (C=O) groups is 1. The molecule has 0 spiro atoms. The minimum Gasteiger partial charge on any atom is -0.332 e. The lowest BCUT2D eigenvalue weighted by atomic mass is 10.0. The summed E-state index contributed by atoms with van der Waals surface area (Å²) in [5.74, 6) is -0.0462. The Labute approximate surface area is 136 Å². The van der Waals surface area contributed by atoms with Crippen molar-refractivity contribution in [3.05, 3.63) is 64.9 Å². The van der Waals surface area contributed by atoms with E-state index >= 15 is 0 Å². The van der Waals surface area contributed by atoms with Gasteiger partial charge in [-0.05, 0) is 57.0 Å². The van der Waals surface area contributed by atoms with Crippen molar-refractivity contribution in [3.8, 4) is 0 Å². The van der Waals surface area contributed by atoms with E-state index in [-0.39, 0.29) is 11.4 Å². The number of hydrogen-bond donors (Lipinski definition) is 0. The van der Waals surface area contributed by atoms with Crippen LogP contribution in [0.4, 0.5) is 0 Å². The van der Waals surface area contributed by atoms with Crippen LogP contribution >= 0.6 is 11.6 Å². The van der Waals surface area contributed by atoms with Crippen molar-refractivity contribution in [2.45, 2.75) is 32.7 Å². The number of pyridine rings is 1. The zero-order chi connectivity index (χ0) is 16.2. The van der Waals surface area contributed by atoms with Gasteiger partial charge in [-0.2, -0.15) is 0 Å². The Morgan fingerprint density at radius 2 is 1.95 bits per heavy atom. The summed E-state index contributed by atoms with van der Waals surface area (Å²) in [6, 6.07) is 13.1. The first kappa shape index (κ1) is 16.5. The molecule has 22 heavy (non-hydrogen) atoms. The van der Waals surface area contributed by atoms with E-state index in [4.69, 9.17) is 11.6 Å². The molecular weight excluding hydrogens is 296 g/mol. The lowest BCUT2D eigenvalue weighted by Crippen LogP contribution is -2.47. The third kappa shape index (κ3) is 4.31. The number of nitrogens with zero attached hydrogens (tertiary/aromatic N) is 2. The lowest BCUT2D eigenvalue weighted by molar-refractivity contribution is 0.0580. The topological polar surface area (TPSA) is 33.2 Å². The average molecular weight is 317 g/mol. The fraction of sp³-hybridized carbons (Fsp3) is 0.333. The van der Waals surface area contributed by atoms with Crippen LogP contribution in [0.3, 0.4) is 0 Å². The van der Waals surface area contributed by atoms with Crippen LogP contribution in [0, 0.1) is 0 Å². The molecule has 1 amide bonds. The summed E-state index contributed by atoms with van der Waals surface area (Å²) in [7, 11) is 0. The Balaban J connectivity index is 2.15. The molecule has 0 aliphatic heterocycles. The lowest BCUT2D eigenvalue weighted by Gasteiger charge is -2.35. The summed E-state index contributed by atoms with van der Waals surface area (Å²) >= 11 is 6.02. The molecule has 0 saturated heterocycles. The van der Waals surface area contributed by atoms with Gasteiger partial charge in [0.2, 0.25) is 0 Å². The summed E-state index contributed by atoms with van der Waals surface area (Å²) in [6.07, 6.45) is 2.40. The molecule has 0 aliphatic carbocycles. The van der Waals surface area contributed by atoms with Gasteiger partial charge in [0.05, 0.1) is 0 Å². The first-order chi connectivity index (χ1) is 10.4. The highest BCUT2D eigenvalue weighted by Gasteiger charge is 2.27. The fourth-order valence-electron chi connectivity index (χ4n) is 2.30. The molecule has 0 saturated carbocycles. The second-order valence-corrected chi connectivity index (χ2v) is 6.66. The largest absolute Gasteiger partial charge is 0.332 e. The summed E-state index contributed by atoms with van der Waals surface area (Å²) < 4.78 is 0. The van der Waals surface area contributed by atoms with Crippen LogP contribution in [0.2, 0.25) is 5.02 Å². The van der Waals surface area contributed by atoms with E-state index in [2.05, 4.69) is 4.98 Å². The third-order valence-corrected chi connectivity index (χ3v) is 3.69. The number of rotatable bonds is 4. The van der Waals surface area contributed by atoms with E-state index in [0.29, 0.717) is 12.2 Å². The molecule has 0 aliphatic rings. The van der Waals surface area contributed by atoms with E-state index in [1.54, 1.807) is 12.3 Å². The SMILES string of the molecule is CC(C)(C)N(CCc1cccc(Cl)c1)C(=O)c1ccccn1. The molecule has 1 aromatic heterocycles. The Bertz CT molecular complexity index is 635. The predicted octanol–water partition coefficient (Wildman–Crippen LogP) is 4.22. The van der Waals surface area contributed by atoms with E-state index in [0.717, 1.165) is 17.0 Å². The van der Waals surface area contributed by atoms with E-state index in [1.807, 2.05) is 62.1 Å². The van der Waals surface area contributed by atoms with Gasteiger partial charge in [-0.3, -0.25) is 9.78 Å². The highest BCUT2D eigenvalue weighted by Crippen LogP contribution is 2.18. The Hall–Kier alpha value is -1.87. The number of amides is 1. The maximum Gasteiger partial charge on any atom is 0.272 e. The molecule has 4 heteroatoms. The van der Waals surface area contributed by atoms with Gasteiger partial charge in [0.1, 0.15) is 5.69 Å². The van der Waals surface area contributed by atoms with Crippen molar-refractivity contribution >= 4 is 17.5 Å². The Morgan fingerprint density at radius 3 is 2.55 bits per heavy atom. The van der Waals surface area contributed by atoms with Crippen molar-refractivity contribution in [2.75, 3.05) is 6.54 Å². The fourth-order valence-corrected chi connectivity index (χ4v) is 2.52. The summed E-state index contributed by atoms with van der Waals surface area (Å²) in [5, 5.41) is 0.718. The van der Waals surface area contributed by atoms with Crippen molar-refractivity contribution in [2.24, 2.45) is 0 Å². The van der Waals surface area contributed by atoms with Crippen molar-refractivity contribution in [3.63, 3.8) is 0 Å². The summed E-state index contributed by atoms with van der Waals surface area (Å²) in [6.45, 7) is 6.72. The van der Waals surface area contributed by atoms with Gasteiger partial charge in [0.25, 0.3) is 5.91 Å². The van der Waals surface area contributed by atoms with Crippen LogP contribution in [0.5, 0.6) is 0 Å². The first-order valence-corrected chi connectivity index (χ1v) is 7.73. The smallest absolute Gasteiger partial charge is 0.272 e. The molecule has 2 aromatic rings. The Morgan fingerprint density at radius 1 is 1.18 bits per heavy atom. The zero-order valence-electron chi connectivity index (χ0n) is 13.2. The highest BCUT2D eigenvalue weighted by molar-refractivity contribution is 6.30. The second-order valence-electron chi connectivity index (χ2n) is 6.22. The van der Waals surface area contributed by atoms with Crippen LogP contribution in [0.15, 0.2) is 48.7 Å². The number of benzene rings is 1. The van der Waals surface area contributed by atoms with Crippen molar-refractivity contribution < 1.29 is 4.79 Å². The minimum absolute atomic E-state index is 0.0462. The molecule has 0 unspecified atom stereocenters. The molecule has 1 aromatic carbocycles. The molecule has 0 bridgehead atoms. The molecule has 0 atom stereocenters. The van der Waals surface area contributed by atoms with Crippen LogP contribution in [-0.4, -0.2) is 27.9 Å². The van der Waals surface area contributed by atoms with E-state index < -0.39 is 0 Å². The third-order valence-electron chi connectivity index (χ3n) is 3.45. The maximum atomic E-state index is 12.7. The van der Waals surface area contributed by atoms with E-state index in [1.165, 1.54) is 0 Å². The molecule has 0 fully saturated rings. The van der Waals surface area contributed by atoms with Gasteiger partial charge in [-0.15, -0.1) is 0 Å². The summed E-state index contributed by atoms with van der Waals surface area (Å²) in [4.78, 5) is 18.7. The standard InChI is InChI=1S/C18H21ClN2O/c1-18(2,3)21(17(22)16-9-4-5-11-20-16)12-10-14-7-6-8-15(19)13-14/h4-9,11,13H,10,12H2,1-3H3. The number of halogens is 1. The van der Waals surface area contributed by atoms with Crippen LogP contribution in [0.25, 0.3) is 0 Å².